The summed E-state index contributed by atoms with van der Waals surface area (Å²) in [5, 5.41) is 10.3. The van der Waals surface area contributed by atoms with Gasteiger partial charge in [0.1, 0.15) is 5.82 Å². The zero-order valence-electron chi connectivity index (χ0n) is 10.8. The van der Waals surface area contributed by atoms with E-state index in [4.69, 9.17) is 0 Å². The highest BCUT2D eigenvalue weighted by Gasteiger charge is 2.71. The van der Waals surface area contributed by atoms with Crippen molar-refractivity contribution in [1.82, 2.24) is 4.98 Å². The summed E-state index contributed by atoms with van der Waals surface area (Å²) in [5.74, 6) is -6.34. The molecule has 118 valence electrons. The van der Waals surface area contributed by atoms with Crippen molar-refractivity contribution in [3.63, 3.8) is 0 Å². The van der Waals surface area contributed by atoms with Crippen LogP contribution in [0.3, 0.4) is 0 Å². The first kappa shape index (κ1) is 16.3. The molecular formula is C14H9F6NO. The third kappa shape index (κ3) is 2.43. The monoisotopic (exact) mass is 321 g/mol. The van der Waals surface area contributed by atoms with Crippen LogP contribution in [0.25, 0.3) is 0 Å². The molecule has 2 nitrogen and oxygen atoms in total. The van der Waals surface area contributed by atoms with E-state index in [-0.39, 0.29) is 0 Å². The van der Waals surface area contributed by atoms with Gasteiger partial charge in [-0.05, 0) is 35.4 Å². The van der Waals surface area contributed by atoms with Crippen molar-refractivity contribution in [2.75, 3.05) is 0 Å². The summed E-state index contributed by atoms with van der Waals surface area (Å²) in [5.41, 5.74) is -5.21. The van der Waals surface area contributed by atoms with Gasteiger partial charge in [0.15, 0.2) is 5.60 Å². The van der Waals surface area contributed by atoms with Gasteiger partial charge in [-0.2, -0.15) is 22.0 Å². The van der Waals surface area contributed by atoms with Crippen LogP contribution in [-0.2, 0) is 5.60 Å². The molecule has 0 saturated heterocycles. The van der Waals surface area contributed by atoms with Gasteiger partial charge in [0, 0.05) is 12.4 Å². The predicted octanol–water partition coefficient (Wildman–Crippen LogP) is 3.65. The van der Waals surface area contributed by atoms with Crippen LogP contribution in [0.4, 0.5) is 26.3 Å². The van der Waals surface area contributed by atoms with E-state index < -0.39 is 34.6 Å². The van der Waals surface area contributed by atoms with Gasteiger partial charge >= 0.3 is 12.1 Å². The number of hydrogen-bond acceptors (Lipinski definition) is 2. The second-order valence-electron chi connectivity index (χ2n) is 4.53. The van der Waals surface area contributed by atoms with Crippen molar-refractivity contribution in [2.24, 2.45) is 0 Å². The van der Waals surface area contributed by atoms with E-state index >= 15 is 0 Å². The van der Waals surface area contributed by atoms with Gasteiger partial charge in [-0.3, -0.25) is 4.98 Å². The minimum Gasteiger partial charge on any atom is -0.374 e. The second kappa shape index (κ2) is 5.28. The van der Waals surface area contributed by atoms with Crippen LogP contribution in [0.2, 0.25) is 0 Å². The van der Waals surface area contributed by atoms with Crippen molar-refractivity contribution in [3.8, 4) is 0 Å². The van der Waals surface area contributed by atoms with Crippen LogP contribution < -0.4 is 0 Å². The Morgan fingerprint density at radius 1 is 0.773 bits per heavy atom. The number of hydrogen-bond donors (Lipinski definition) is 1. The van der Waals surface area contributed by atoms with Crippen LogP contribution >= 0.6 is 0 Å². The van der Waals surface area contributed by atoms with Crippen LogP contribution in [0.15, 0.2) is 48.8 Å². The van der Waals surface area contributed by atoms with E-state index in [2.05, 4.69) is 4.98 Å². The largest absolute Gasteiger partial charge is 0.457 e. The summed E-state index contributed by atoms with van der Waals surface area (Å²) in [6.45, 7) is 0. The van der Waals surface area contributed by atoms with E-state index in [1.165, 1.54) is 0 Å². The minimum absolute atomic E-state index is 0.676. The lowest BCUT2D eigenvalue weighted by atomic mass is 9.81. The second-order valence-corrected chi connectivity index (χ2v) is 4.53. The average Bonchev–Trinajstić information content (AvgIpc) is 2.46. The number of aliphatic hydroxyl groups is 1. The molecule has 22 heavy (non-hydrogen) atoms. The lowest BCUT2D eigenvalue weighted by molar-refractivity contribution is -0.336. The zero-order valence-corrected chi connectivity index (χ0v) is 10.8. The van der Waals surface area contributed by atoms with Crippen molar-refractivity contribution in [2.45, 2.75) is 17.7 Å². The quantitative estimate of drug-likeness (QED) is 0.875. The van der Waals surface area contributed by atoms with Crippen molar-refractivity contribution >= 4 is 0 Å². The van der Waals surface area contributed by atoms with Crippen molar-refractivity contribution < 1.29 is 31.4 Å². The van der Waals surface area contributed by atoms with E-state index in [1.807, 2.05) is 0 Å². The Kier molecular flexibility index (Phi) is 3.90. The maximum atomic E-state index is 14.0. The topological polar surface area (TPSA) is 33.1 Å². The van der Waals surface area contributed by atoms with Crippen LogP contribution in [-0.4, -0.2) is 22.2 Å². The Bertz CT molecular complexity index is 641. The summed E-state index contributed by atoms with van der Waals surface area (Å²) in [6.07, 6.45) is -4.08. The molecule has 0 aliphatic carbocycles. The number of rotatable bonds is 3. The molecule has 1 heterocycles. The first-order valence-corrected chi connectivity index (χ1v) is 5.94. The molecule has 0 radical (unpaired) electrons. The SMILES string of the molecule is OC(c1ccncc1)(c1ccc(F)cc1)C(F)(F)C(F)(F)F. The molecule has 0 saturated carbocycles. The number of halogens is 6. The van der Waals surface area contributed by atoms with Crippen LogP contribution in [0, 0.1) is 5.82 Å². The maximum absolute atomic E-state index is 14.0. The maximum Gasteiger partial charge on any atom is 0.457 e. The van der Waals surface area contributed by atoms with E-state index in [0.717, 1.165) is 24.5 Å². The number of nitrogens with zero attached hydrogens (tertiary/aromatic N) is 1. The molecule has 0 bridgehead atoms. The number of alkyl halides is 5. The Morgan fingerprint density at radius 2 is 1.23 bits per heavy atom. The summed E-state index contributed by atoms with van der Waals surface area (Å²) in [6, 6.07) is 4.40. The highest BCUT2D eigenvalue weighted by Crippen LogP contribution is 2.51. The molecule has 0 amide bonds. The third-order valence-corrected chi connectivity index (χ3v) is 3.17. The Labute approximate surface area is 121 Å². The van der Waals surface area contributed by atoms with Gasteiger partial charge in [0.25, 0.3) is 0 Å². The molecule has 1 aromatic heterocycles. The number of benzene rings is 1. The van der Waals surface area contributed by atoms with Gasteiger partial charge < -0.3 is 5.11 Å². The van der Waals surface area contributed by atoms with Gasteiger partial charge in [-0.15, -0.1) is 0 Å². The number of aromatic nitrogens is 1. The van der Waals surface area contributed by atoms with Crippen LogP contribution in [0.1, 0.15) is 11.1 Å². The highest BCUT2D eigenvalue weighted by molar-refractivity contribution is 5.39. The molecule has 2 aromatic rings. The molecule has 1 unspecified atom stereocenters. The van der Waals surface area contributed by atoms with Crippen LogP contribution in [0.5, 0.6) is 0 Å². The third-order valence-electron chi connectivity index (χ3n) is 3.17. The Balaban J connectivity index is 2.73. The van der Waals surface area contributed by atoms with Crippen molar-refractivity contribution in [1.29, 1.82) is 0 Å². The molecule has 1 N–H and O–H groups in total. The average molecular weight is 321 g/mol. The molecular weight excluding hydrogens is 312 g/mol. The van der Waals surface area contributed by atoms with Gasteiger partial charge in [0.05, 0.1) is 0 Å². The van der Waals surface area contributed by atoms with Gasteiger partial charge in [0.2, 0.25) is 0 Å². The molecule has 1 aromatic carbocycles. The first-order valence-electron chi connectivity index (χ1n) is 5.94. The first-order chi connectivity index (χ1) is 10.1. The summed E-state index contributed by atoms with van der Waals surface area (Å²) in [4.78, 5) is 3.51. The fourth-order valence-electron chi connectivity index (χ4n) is 2.02. The molecule has 1 atom stereocenters. The molecule has 8 heteroatoms. The van der Waals surface area contributed by atoms with Crippen molar-refractivity contribution in [3.05, 3.63) is 65.7 Å². The minimum atomic E-state index is -6.01. The standard InChI is InChI=1S/C14H9F6NO/c15-11-3-1-9(2-4-11)12(22,10-5-7-21-8-6-10)13(16,17)14(18,19)20/h1-8,22H. The smallest absolute Gasteiger partial charge is 0.374 e. The fraction of sp³-hybridized carbons (Fsp3) is 0.214. The molecule has 0 fully saturated rings. The lowest BCUT2D eigenvalue weighted by Gasteiger charge is -2.37. The summed E-state index contributed by atoms with van der Waals surface area (Å²) < 4.78 is 79.2. The van der Waals surface area contributed by atoms with E-state index in [1.54, 1.807) is 0 Å². The molecule has 0 aliphatic rings. The molecule has 2 rings (SSSR count). The predicted molar refractivity (Wildman–Crippen MR) is 64.6 cm³/mol. The van der Waals surface area contributed by atoms with E-state index in [9.17, 15) is 31.4 Å². The van der Waals surface area contributed by atoms with Gasteiger partial charge in [-0.1, -0.05) is 12.1 Å². The summed E-state index contributed by atoms with van der Waals surface area (Å²) >= 11 is 0. The zero-order chi connectivity index (χ0) is 16.6. The molecule has 0 spiro atoms. The highest BCUT2D eigenvalue weighted by atomic mass is 19.4. The Hall–Kier alpha value is -2.09. The normalized spacial score (nSPS) is 15.4. The van der Waals surface area contributed by atoms with E-state index in [0.29, 0.717) is 24.3 Å². The molecule has 0 aliphatic heterocycles. The lowest BCUT2D eigenvalue weighted by Crippen LogP contribution is -2.55. The Morgan fingerprint density at radius 3 is 1.68 bits per heavy atom. The summed E-state index contributed by atoms with van der Waals surface area (Å²) in [7, 11) is 0. The van der Waals surface area contributed by atoms with Gasteiger partial charge in [-0.25, -0.2) is 4.39 Å². The number of pyridine rings is 1. The fourth-order valence-corrected chi connectivity index (χ4v) is 2.02.